The van der Waals surface area contributed by atoms with Crippen LogP contribution < -0.4 is 10.6 Å². The SMILES string of the molecule is O=C(NCCN1CCc2ccccc2C1)Nc1ccc(C(F)(F)F)cc1. The Morgan fingerprint density at radius 2 is 1.73 bits per heavy atom. The van der Waals surface area contributed by atoms with Crippen molar-refractivity contribution in [2.45, 2.75) is 19.1 Å². The molecule has 1 aliphatic rings. The zero-order valence-corrected chi connectivity index (χ0v) is 14.1. The normalized spacial score (nSPS) is 14.6. The number of rotatable bonds is 4. The molecule has 2 aromatic carbocycles. The van der Waals surface area contributed by atoms with Crippen molar-refractivity contribution < 1.29 is 18.0 Å². The lowest BCUT2D eigenvalue weighted by molar-refractivity contribution is -0.137. The van der Waals surface area contributed by atoms with E-state index in [0.29, 0.717) is 12.2 Å². The molecule has 2 aromatic rings. The molecule has 0 saturated carbocycles. The van der Waals surface area contributed by atoms with E-state index in [9.17, 15) is 18.0 Å². The highest BCUT2D eigenvalue weighted by molar-refractivity contribution is 5.89. The van der Waals surface area contributed by atoms with Crippen LogP contribution in [0.15, 0.2) is 48.5 Å². The number of benzene rings is 2. The van der Waals surface area contributed by atoms with Crippen molar-refractivity contribution in [3.8, 4) is 0 Å². The quantitative estimate of drug-likeness (QED) is 0.866. The van der Waals surface area contributed by atoms with E-state index >= 15 is 0 Å². The molecule has 0 saturated heterocycles. The van der Waals surface area contributed by atoms with Gasteiger partial charge in [0, 0.05) is 31.9 Å². The summed E-state index contributed by atoms with van der Waals surface area (Å²) in [7, 11) is 0. The first-order chi connectivity index (χ1) is 12.4. The summed E-state index contributed by atoms with van der Waals surface area (Å²) < 4.78 is 37.5. The second kappa shape index (κ2) is 7.78. The van der Waals surface area contributed by atoms with Gasteiger partial charge in [-0.2, -0.15) is 13.2 Å². The van der Waals surface area contributed by atoms with Gasteiger partial charge in [-0.3, -0.25) is 4.90 Å². The molecule has 0 aliphatic carbocycles. The van der Waals surface area contributed by atoms with E-state index in [4.69, 9.17) is 0 Å². The number of anilines is 1. The first-order valence-electron chi connectivity index (χ1n) is 8.43. The minimum atomic E-state index is -4.38. The Morgan fingerprint density at radius 1 is 1.04 bits per heavy atom. The lowest BCUT2D eigenvalue weighted by Crippen LogP contribution is -2.39. The number of nitrogens with one attached hydrogen (secondary N) is 2. The van der Waals surface area contributed by atoms with Crippen LogP contribution in [0.2, 0.25) is 0 Å². The monoisotopic (exact) mass is 363 g/mol. The third-order valence-electron chi connectivity index (χ3n) is 4.39. The summed E-state index contributed by atoms with van der Waals surface area (Å²) in [4.78, 5) is 14.1. The molecule has 7 heteroatoms. The Labute approximate surface area is 150 Å². The molecule has 1 heterocycles. The zero-order chi connectivity index (χ0) is 18.6. The number of fused-ring (bicyclic) bond motifs is 1. The largest absolute Gasteiger partial charge is 0.416 e. The molecular formula is C19H20F3N3O. The maximum absolute atomic E-state index is 12.5. The van der Waals surface area contributed by atoms with Gasteiger partial charge in [-0.05, 0) is 41.8 Å². The Hall–Kier alpha value is -2.54. The number of carbonyl (C=O) groups is 1. The summed E-state index contributed by atoms with van der Waals surface area (Å²) in [5, 5.41) is 5.27. The number of alkyl halides is 3. The Balaban J connectivity index is 1.42. The van der Waals surface area contributed by atoms with Crippen LogP contribution in [-0.2, 0) is 19.1 Å². The molecule has 26 heavy (non-hydrogen) atoms. The second-order valence-corrected chi connectivity index (χ2v) is 6.25. The molecule has 1 aliphatic heterocycles. The molecule has 2 N–H and O–H groups in total. The van der Waals surface area contributed by atoms with Crippen LogP contribution in [0, 0.1) is 0 Å². The number of hydrogen-bond acceptors (Lipinski definition) is 2. The van der Waals surface area contributed by atoms with Crippen molar-refractivity contribution in [1.29, 1.82) is 0 Å². The lowest BCUT2D eigenvalue weighted by Gasteiger charge is -2.28. The van der Waals surface area contributed by atoms with E-state index in [1.807, 2.05) is 12.1 Å². The summed E-state index contributed by atoms with van der Waals surface area (Å²) >= 11 is 0. The number of urea groups is 1. The molecule has 4 nitrogen and oxygen atoms in total. The molecule has 3 rings (SSSR count). The molecule has 0 unspecified atom stereocenters. The molecule has 0 spiro atoms. The van der Waals surface area contributed by atoms with Crippen LogP contribution in [0.5, 0.6) is 0 Å². The number of hydrogen-bond donors (Lipinski definition) is 2. The van der Waals surface area contributed by atoms with Gasteiger partial charge in [0.05, 0.1) is 5.56 Å². The van der Waals surface area contributed by atoms with Gasteiger partial charge in [-0.15, -0.1) is 0 Å². The summed E-state index contributed by atoms with van der Waals surface area (Å²) in [6.45, 7) is 2.99. The van der Waals surface area contributed by atoms with E-state index in [1.165, 1.54) is 23.3 Å². The highest BCUT2D eigenvalue weighted by Crippen LogP contribution is 2.29. The highest BCUT2D eigenvalue weighted by Gasteiger charge is 2.29. The standard InChI is InChI=1S/C19H20F3N3O/c20-19(21,22)16-5-7-17(8-6-16)24-18(26)23-10-12-25-11-9-14-3-1-2-4-15(14)13-25/h1-8H,9-13H2,(H2,23,24,26). The molecule has 0 bridgehead atoms. The third-order valence-corrected chi connectivity index (χ3v) is 4.39. The maximum Gasteiger partial charge on any atom is 0.416 e. The second-order valence-electron chi connectivity index (χ2n) is 6.25. The average Bonchev–Trinajstić information content (AvgIpc) is 2.61. The molecule has 0 aromatic heterocycles. The van der Waals surface area contributed by atoms with Crippen LogP contribution in [0.1, 0.15) is 16.7 Å². The third kappa shape index (κ3) is 4.76. The van der Waals surface area contributed by atoms with Crippen LogP contribution in [0.25, 0.3) is 0 Å². The van der Waals surface area contributed by atoms with E-state index in [-0.39, 0.29) is 0 Å². The summed E-state index contributed by atoms with van der Waals surface area (Å²) in [5.41, 5.74) is 2.26. The first-order valence-corrected chi connectivity index (χ1v) is 8.43. The average molecular weight is 363 g/mol. The van der Waals surface area contributed by atoms with Crippen molar-refractivity contribution >= 4 is 11.7 Å². The summed E-state index contributed by atoms with van der Waals surface area (Å²) in [6.07, 6.45) is -3.39. The maximum atomic E-state index is 12.5. The Kier molecular flexibility index (Phi) is 5.46. The van der Waals surface area contributed by atoms with Crippen molar-refractivity contribution in [2.24, 2.45) is 0 Å². The zero-order valence-electron chi connectivity index (χ0n) is 14.1. The Morgan fingerprint density at radius 3 is 2.42 bits per heavy atom. The summed E-state index contributed by atoms with van der Waals surface area (Å²) in [5.74, 6) is 0. The first kappa shape index (κ1) is 18.3. The summed E-state index contributed by atoms with van der Waals surface area (Å²) in [6, 6.07) is 12.3. The fourth-order valence-corrected chi connectivity index (χ4v) is 2.99. The molecular weight excluding hydrogens is 343 g/mol. The fourth-order valence-electron chi connectivity index (χ4n) is 2.99. The molecule has 0 radical (unpaired) electrons. The van der Waals surface area contributed by atoms with Crippen molar-refractivity contribution in [2.75, 3.05) is 25.0 Å². The fraction of sp³-hybridized carbons (Fsp3) is 0.316. The number of amides is 2. The van der Waals surface area contributed by atoms with Gasteiger partial charge in [0.25, 0.3) is 0 Å². The van der Waals surface area contributed by atoms with Crippen molar-refractivity contribution in [3.63, 3.8) is 0 Å². The molecule has 0 fully saturated rings. The minimum Gasteiger partial charge on any atom is -0.337 e. The number of nitrogens with zero attached hydrogens (tertiary/aromatic N) is 1. The van der Waals surface area contributed by atoms with E-state index < -0.39 is 17.8 Å². The number of halogens is 3. The van der Waals surface area contributed by atoms with Gasteiger partial charge in [-0.1, -0.05) is 24.3 Å². The van der Waals surface area contributed by atoms with Crippen LogP contribution in [0.4, 0.5) is 23.7 Å². The van der Waals surface area contributed by atoms with Crippen molar-refractivity contribution in [3.05, 3.63) is 65.2 Å². The van der Waals surface area contributed by atoms with Gasteiger partial charge in [0.1, 0.15) is 0 Å². The van der Waals surface area contributed by atoms with E-state index in [0.717, 1.165) is 38.2 Å². The molecule has 138 valence electrons. The molecule has 0 atom stereocenters. The van der Waals surface area contributed by atoms with Crippen molar-refractivity contribution in [1.82, 2.24) is 10.2 Å². The van der Waals surface area contributed by atoms with Crippen LogP contribution in [0.3, 0.4) is 0 Å². The van der Waals surface area contributed by atoms with Crippen LogP contribution >= 0.6 is 0 Å². The topological polar surface area (TPSA) is 44.4 Å². The van der Waals surface area contributed by atoms with Gasteiger partial charge in [0.2, 0.25) is 0 Å². The Bertz CT molecular complexity index is 759. The van der Waals surface area contributed by atoms with Gasteiger partial charge < -0.3 is 10.6 Å². The minimum absolute atomic E-state index is 0.322. The lowest BCUT2D eigenvalue weighted by atomic mass is 10.00. The van der Waals surface area contributed by atoms with Gasteiger partial charge in [0.15, 0.2) is 0 Å². The van der Waals surface area contributed by atoms with Crippen LogP contribution in [-0.4, -0.2) is 30.6 Å². The van der Waals surface area contributed by atoms with E-state index in [2.05, 4.69) is 27.7 Å². The van der Waals surface area contributed by atoms with Gasteiger partial charge in [-0.25, -0.2) is 4.79 Å². The predicted octanol–water partition coefficient (Wildman–Crippen LogP) is 3.89. The predicted molar refractivity (Wildman–Crippen MR) is 93.9 cm³/mol. The van der Waals surface area contributed by atoms with Gasteiger partial charge >= 0.3 is 12.2 Å². The smallest absolute Gasteiger partial charge is 0.337 e. The van der Waals surface area contributed by atoms with E-state index in [1.54, 1.807) is 0 Å². The molecule has 2 amide bonds. The number of carbonyl (C=O) groups excluding carboxylic acids is 1. The highest BCUT2D eigenvalue weighted by atomic mass is 19.4.